The number of aromatic amines is 1. The number of alkyl halides is 3. The lowest BCUT2D eigenvalue weighted by Crippen LogP contribution is -2.62. The van der Waals surface area contributed by atoms with Gasteiger partial charge in [0.05, 0.1) is 23.9 Å². The number of nitrogens with one attached hydrogen (secondary N) is 1. The van der Waals surface area contributed by atoms with Crippen molar-refractivity contribution < 1.29 is 41.8 Å². The summed E-state index contributed by atoms with van der Waals surface area (Å²) in [4.78, 5) is 38.0. The third-order valence-corrected chi connectivity index (χ3v) is 9.11. The Morgan fingerprint density at radius 2 is 1.78 bits per heavy atom. The summed E-state index contributed by atoms with van der Waals surface area (Å²) >= 11 is 0. The molecule has 2 amide bonds. The van der Waals surface area contributed by atoms with Gasteiger partial charge in [0.2, 0.25) is 18.6 Å². The SMILES string of the molecule is CN1CC(=O)N2[C@H](c3ccc4c(c3)OCO4)c3[nH]c4ccccc4c3C[C@@H]2C1=O.COCCCC/C(=N\OCCN)c1ccc(C(F)(F)F)cc1. The van der Waals surface area contributed by atoms with Gasteiger partial charge in [0.1, 0.15) is 12.6 Å². The zero-order valence-electron chi connectivity index (χ0n) is 28.4. The van der Waals surface area contributed by atoms with Gasteiger partial charge in [-0.1, -0.05) is 41.6 Å². The van der Waals surface area contributed by atoms with Gasteiger partial charge in [-0.25, -0.2) is 0 Å². The number of aromatic nitrogens is 1. The van der Waals surface area contributed by atoms with Crippen molar-refractivity contribution >= 4 is 28.4 Å². The van der Waals surface area contributed by atoms with Gasteiger partial charge in [0.15, 0.2) is 11.5 Å². The molecule has 51 heavy (non-hydrogen) atoms. The van der Waals surface area contributed by atoms with Crippen LogP contribution in [0.2, 0.25) is 0 Å². The number of nitrogens with two attached hydrogens (primary N) is 1. The Morgan fingerprint density at radius 3 is 2.53 bits per heavy atom. The van der Waals surface area contributed by atoms with Gasteiger partial charge in [-0.15, -0.1) is 0 Å². The Bertz CT molecular complexity index is 1890. The molecule has 1 saturated heterocycles. The molecule has 0 unspecified atom stereocenters. The monoisotopic (exact) mass is 707 g/mol. The van der Waals surface area contributed by atoms with Crippen molar-refractivity contribution in [2.45, 2.75) is 43.9 Å². The Balaban J connectivity index is 0.000000184. The molecule has 2 atom stereocenters. The number of para-hydroxylation sites is 1. The lowest BCUT2D eigenvalue weighted by molar-refractivity contribution is -0.157. The van der Waals surface area contributed by atoms with E-state index in [9.17, 15) is 22.8 Å². The van der Waals surface area contributed by atoms with Crippen molar-refractivity contribution in [3.05, 3.63) is 94.7 Å². The van der Waals surface area contributed by atoms with Crippen molar-refractivity contribution in [2.75, 3.05) is 47.3 Å². The fourth-order valence-electron chi connectivity index (χ4n) is 6.65. The minimum atomic E-state index is -4.34. The van der Waals surface area contributed by atoms with E-state index in [1.165, 1.54) is 17.0 Å². The second kappa shape index (κ2) is 15.4. The van der Waals surface area contributed by atoms with Gasteiger partial charge >= 0.3 is 6.18 Å². The van der Waals surface area contributed by atoms with Crippen molar-refractivity contribution in [2.24, 2.45) is 10.9 Å². The van der Waals surface area contributed by atoms with Crippen LogP contribution in [0.1, 0.15) is 53.3 Å². The molecule has 270 valence electrons. The van der Waals surface area contributed by atoms with Gasteiger partial charge in [-0.3, -0.25) is 9.59 Å². The molecule has 3 aromatic carbocycles. The Kier molecular flexibility index (Phi) is 10.8. The summed E-state index contributed by atoms with van der Waals surface area (Å²) in [6, 6.07) is 17.8. The number of fused-ring (bicyclic) bond motifs is 5. The van der Waals surface area contributed by atoms with Crippen LogP contribution in [0.15, 0.2) is 71.9 Å². The number of unbranched alkanes of at least 4 members (excludes halogenated alkanes) is 1. The van der Waals surface area contributed by atoms with Crippen LogP contribution >= 0.6 is 0 Å². The van der Waals surface area contributed by atoms with Crippen molar-refractivity contribution in [1.29, 1.82) is 0 Å². The minimum Gasteiger partial charge on any atom is -0.454 e. The van der Waals surface area contributed by atoms with Crippen LogP contribution < -0.4 is 15.2 Å². The van der Waals surface area contributed by atoms with E-state index in [0.717, 1.165) is 52.7 Å². The van der Waals surface area contributed by atoms with E-state index in [4.69, 9.17) is 24.8 Å². The number of carbonyl (C=O) groups excluding carboxylic acids is 2. The van der Waals surface area contributed by atoms with E-state index < -0.39 is 17.8 Å². The summed E-state index contributed by atoms with van der Waals surface area (Å²) in [5, 5.41) is 5.09. The number of likely N-dealkylation sites (N-methyl/N-ethyl adjacent to an activating group) is 1. The number of nitrogens with zero attached hydrogens (tertiary/aromatic N) is 3. The molecule has 1 aromatic heterocycles. The highest BCUT2D eigenvalue weighted by Crippen LogP contribution is 2.44. The fraction of sp³-hybridized carbons (Fsp3) is 0.378. The van der Waals surface area contributed by atoms with Crippen LogP contribution in [-0.4, -0.2) is 85.6 Å². The molecule has 7 rings (SSSR count). The summed E-state index contributed by atoms with van der Waals surface area (Å²) in [5.41, 5.74) is 9.84. The van der Waals surface area contributed by atoms with Crippen LogP contribution in [0.4, 0.5) is 13.2 Å². The summed E-state index contributed by atoms with van der Waals surface area (Å²) < 4.78 is 53.7. The average Bonchev–Trinajstić information content (AvgIpc) is 3.75. The molecule has 4 heterocycles. The predicted octanol–water partition coefficient (Wildman–Crippen LogP) is 5.41. The highest BCUT2D eigenvalue weighted by Gasteiger charge is 2.47. The van der Waals surface area contributed by atoms with E-state index >= 15 is 0 Å². The molecule has 14 heteroatoms. The van der Waals surface area contributed by atoms with Crippen LogP contribution in [0.3, 0.4) is 0 Å². The maximum absolute atomic E-state index is 13.1. The first-order valence-electron chi connectivity index (χ1n) is 16.7. The standard InChI is InChI=1S/C22H19N3O4.C15H21F3N2O2/c1-24-10-19(26)25-16(22(24)27)9-14-13-4-2-3-5-15(13)23-20(14)21(25)12-6-7-17-18(8-12)29-11-28-17;1-21-10-3-2-4-14(20-22-11-9-19)12-5-7-13(8-6-12)15(16,17)18/h2-8,16,21,23H,9-11H2,1H3;5-8H,2-4,9-11,19H2,1H3/b;20-14+/t16-,21-;/m1./s1. The minimum absolute atomic E-state index is 0.0220. The van der Waals surface area contributed by atoms with Crippen LogP contribution in [-0.2, 0) is 31.8 Å². The maximum atomic E-state index is 13.1. The number of amides is 2. The number of hydrogen-bond donors (Lipinski definition) is 2. The van der Waals surface area contributed by atoms with E-state index in [1.54, 1.807) is 19.1 Å². The van der Waals surface area contributed by atoms with Gasteiger partial charge < -0.3 is 39.6 Å². The van der Waals surface area contributed by atoms with Gasteiger partial charge in [0, 0.05) is 50.3 Å². The van der Waals surface area contributed by atoms with Crippen LogP contribution in [0, 0.1) is 0 Å². The second-order valence-electron chi connectivity index (χ2n) is 12.5. The first kappa shape index (κ1) is 35.7. The number of halogens is 3. The van der Waals surface area contributed by atoms with Gasteiger partial charge in [-0.2, -0.15) is 13.2 Å². The maximum Gasteiger partial charge on any atom is 0.416 e. The molecule has 3 N–H and O–H groups in total. The zero-order chi connectivity index (χ0) is 36.1. The highest BCUT2D eigenvalue weighted by molar-refractivity contribution is 6.00. The highest BCUT2D eigenvalue weighted by atomic mass is 19.4. The molecule has 0 spiro atoms. The molecule has 3 aliphatic rings. The number of methoxy groups -OCH3 is 1. The number of benzene rings is 3. The normalized spacial score (nSPS) is 18.4. The first-order chi connectivity index (χ1) is 24.6. The first-order valence-corrected chi connectivity index (χ1v) is 16.7. The third-order valence-electron chi connectivity index (χ3n) is 9.11. The lowest BCUT2D eigenvalue weighted by atomic mass is 9.86. The summed E-state index contributed by atoms with van der Waals surface area (Å²) in [6.45, 7) is 1.50. The summed E-state index contributed by atoms with van der Waals surface area (Å²) in [6.07, 6.45) is -1.59. The molecule has 0 saturated carbocycles. The molecule has 3 aliphatic heterocycles. The number of hydrogen-bond acceptors (Lipinski definition) is 8. The molecule has 0 aliphatic carbocycles. The molecule has 1 fully saturated rings. The quantitative estimate of drug-likeness (QED) is 0.128. The smallest absolute Gasteiger partial charge is 0.416 e. The Labute approximate surface area is 293 Å². The molecule has 11 nitrogen and oxygen atoms in total. The molecular formula is C37H40F3N5O6. The summed E-state index contributed by atoms with van der Waals surface area (Å²) in [5.74, 6) is 1.28. The van der Waals surface area contributed by atoms with E-state index in [2.05, 4.69) is 16.2 Å². The van der Waals surface area contributed by atoms with E-state index in [0.29, 0.717) is 48.8 Å². The average molecular weight is 708 g/mol. The van der Waals surface area contributed by atoms with E-state index in [1.807, 2.05) is 36.4 Å². The number of rotatable bonds is 10. The number of H-pyrrole nitrogens is 1. The fourth-order valence-corrected chi connectivity index (χ4v) is 6.65. The largest absolute Gasteiger partial charge is 0.454 e. The zero-order valence-corrected chi connectivity index (χ0v) is 28.4. The van der Waals surface area contributed by atoms with Gasteiger partial charge in [0.25, 0.3) is 0 Å². The summed E-state index contributed by atoms with van der Waals surface area (Å²) in [7, 11) is 3.31. The predicted molar refractivity (Wildman–Crippen MR) is 183 cm³/mol. The van der Waals surface area contributed by atoms with Crippen LogP contribution in [0.5, 0.6) is 11.5 Å². The number of oxime groups is 1. The van der Waals surface area contributed by atoms with Crippen molar-refractivity contribution in [3.63, 3.8) is 0 Å². The molecule has 4 aromatic rings. The van der Waals surface area contributed by atoms with Crippen LogP contribution in [0.25, 0.3) is 10.9 Å². The third kappa shape index (κ3) is 7.66. The number of carbonyl (C=O) groups is 2. The van der Waals surface area contributed by atoms with Crippen molar-refractivity contribution in [3.8, 4) is 11.5 Å². The second-order valence-corrected chi connectivity index (χ2v) is 12.5. The number of piperazine rings is 1. The Hall–Kier alpha value is -5.08. The topological polar surface area (TPSA) is 132 Å². The molecular weight excluding hydrogens is 667 g/mol. The lowest BCUT2D eigenvalue weighted by Gasteiger charge is -2.46. The molecule has 0 radical (unpaired) electrons. The van der Waals surface area contributed by atoms with Crippen molar-refractivity contribution in [1.82, 2.24) is 14.8 Å². The van der Waals surface area contributed by atoms with Gasteiger partial charge in [-0.05, 0) is 66.3 Å². The Morgan fingerprint density at radius 1 is 1.02 bits per heavy atom. The molecule has 0 bridgehead atoms. The van der Waals surface area contributed by atoms with E-state index in [-0.39, 0.29) is 37.8 Å². The number of ether oxygens (including phenoxy) is 3.